The van der Waals surface area contributed by atoms with Gasteiger partial charge in [0.15, 0.2) is 0 Å². The summed E-state index contributed by atoms with van der Waals surface area (Å²) in [4.78, 5) is 11.8. The highest BCUT2D eigenvalue weighted by molar-refractivity contribution is 5.77. The Hall–Kier alpha value is -2.86. The molecule has 0 radical (unpaired) electrons. The second-order valence-corrected chi connectivity index (χ2v) is 5.70. The SMILES string of the molecule is O=C(NCCc1cc2ccccc2o1)NCC(O)c1ccc(F)cc1. The van der Waals surface area contributed by atoms with Crippen molar-refractivity contribution in [2.45, 2.75) is 12.5 Å². The third kappa shape index (κ3) is 4.58. The molecule has 6 heteroatoms. The molecular formula is C19H19FN2O3. The van der Waals surface area contributed by atoms with Gasteiger partial charge in [-0.15, -0.1) is 0 Å². The van der Waals surface area contributed by atoms with Crippen LogP contribution in [-0.2, 0) is 6.42 Å². The number of aliphatic hydroxyl groups is 1. The van der Waals surface area contributed by atoms with Crippen LogP contribution in [0.1, 0.15) is 17.4 Å². The van der Waals surface area contributed by atoms with Crippen LogP contribution >= 0.6 is 0 Å². The third-order valence-electron chi connectivity index (χ3n) is 3.84. The number of halogens is 1. The minimum Gasteiger partial charge on any atom is -0.461 e. The van der Waals surface area contributed by atoms with Crippen molar-refractivity contribution in [1.29, 1.82) is 0 Å². The van der Waals surface area contributed by atoms with Crippen LogP contribution in [-0.4, -0.2) is 24.2 Å². The van der Waals surface area contributed by atoms with E-state index in [0.29, 0.717) is 18.5 Å². The Labute approximate surface area is 144 Å². The van der Waals surface area contributed by atoms with E-state index in [0.717, 1.165) is 16.7 Å². The maximum absolute atomic E-state index is 12.8. The lowest BCUT2D eigenvalue weighted by molar-refractivity contribution is 0.173. The van der Waals surface area contributed by atoms with Crippen LogP contribution in [0.25, 0.3) is 11.0 Å². The molecule has 3 N–H and O–H groups in total. The third-order valence-corrected chi connectivity index (χ3v) is 3.84. The maximum atomic E-state index is 12.8. The summed E-state index contributed by atoms with van der Waals surface area (Å²) < 4.78 is 18.5. The fraction of sp³-hybridized carbons (Fsp3) is 0.211. The molecule has 1 heterocycles. The second-order valence-electron chi connectivity index (χ2n) is 5.70. The molecule has 3 aromatic rings. The van der Waals surface area contributed by atoms with Crippen molar-refractivity contribution in [3.05, 3.63) is 71.7 Å². The van der Waals surface area contributed by atoms with E-state index in [4.69, 9.17) is 4.42 Å². The summed E-state index contributed by atoms with van der Waals surface area (Å²) in [6.45, 7) is 0.459. The molecule has 25 heavy (non-hydrogen) atoms. The minimum absolute atomic E-state index is 0.0438. The van der Waals surface area contributed by atoms with Crippen molar-refractivity contribution in [3.8, 4) is 0 Å². The van der Waals surface area contributed by atoms with Gasteiger partial charge in [-0.1, -0.05) is 30.3 Å². The molecule has 0 fully saturated rings. The van der Waals surface area contributed by atoms with E-state index in [1.807, 2.05) is 30.3 Å². The van der Waals surface area contributed by atoms with E-state index < -0.39 is 6.10 Å². The molecule has 0 aliphatic carbocycles. The molecule has 2 amide bonds. The summed E-state index contributed by atoms with van der Waals surface area (Å²) in [5.74, 6) is 0.431. The molecular weight excluding hydrogens is 323 g/mol. The van der Waals surface area contributed by atoms with Gasteiger partial charge in [-0.2, -0.15) is 0 Å². The van der Waals surface area contributed by atoms with Gasteiger partial charge in [-0.05, 0) is 29.8 Å². The van der Waals surface area contributed by atoms with Crippen LogP contribution < -0.4 is 10.6 Å². The molecule has 0 saturated heterocycles. The lowest BCUT2D eigenvalue weighted by atomic mass is 10.1. The summed E-state index contributed by atoms with van der Waals surface area (Å²) in [6, 6.07) is 14.8. The number of rotatable bonds is 6. The van der Waals surface area contributed by atoms with Crippen molar-refractivity contribution in [2.24, 2.45) is 0 Å². The number of urea groups is 1. The first-order chi connectivity index (χ1) is 12.1. The van der Waals surface area contributed by atoms with Crippen molar-refractivity contribution in [3.63, 3.8) is 0 Å². The lowest BCUT2D eigenvalue weighted by Crippen LogP contribution is -2.38. The van der Waals surface area contributed by atoms with Crippen LogP contribution in [0.3, 0.4) is 0 Å². The Morgan fingerprint density at radius 1 is 1.12 bits per heavy atom. The Bertz CT molecular complexity index is 812. The number of carbonyl (C=O) groups is 1. The monoisotopic (exact) mass is 342 g/mol. The molecule has 1 aromatic heterocycles. The van der Waals surface area contributed by atoms with Gasteiger partial charge in [-0.25, -0.2) is 9.18 Å². The number of hydrogen-bond donors (Lipinski definition) is 3. The number of para-hydroxylation sites is 1. The van der Waals surface area contributed by atoms with Gasteiger partial charge >= 0.3 is 6.03 Å². The molecule has 0 aliphatic rings. The van der Waals surface area contributed by atoms with E-state index in [1.54, 1.807) is 0 Å². The van der Waals surface area contributed by atoms with Crippen LogP contribution in [0.15, 0.2) is 59.0 Å². The van der Waals surface area contributed by atoms with Crippen molar-refractivity contribution in [1.82, 2.24) is 10.6 Å². The predicted molar refractivity (Wildman–Crippen MR) is 92.7 cm³/mol. The van der Waals surface area contributed by atoms with Gasteiger partial charge in [-0.3, -0.25) is 0 Å². The highest BCUT2D eigenvalue weighted by atomic mass is 19.1. The number of amides is 2. The summed E-state index contributed by atoms with van der Waals surface area (Å²) in [5, 5.41) is 16.3. The lowest BCUT2D eigenvalue weighted by Gasteiger charge is -2.12. The number of aliphatic hydroxyl groups excluding tert-OH is 1. The van der Waals surface area contributed by atoms with E-state index >= 15 is 0 Å². The first kappa shape index (κ1) is 17.0. The smallest absolute Gasteiger partial charge is 0.314 e. The number of benzene rings is 2. The maximum Gasteiger partial charge on any atom is 0.314 e. The first-order valence-electron chi connectivity index (χ1n) is 8.04. The van der Waals surface area contributed by atoms with Crippen LogP contribution in [0.4, 0.5) is 9.18 Å². The number of fused-ring (bicyclic) bond motifs is 1. The highest BCUT2D eigenvalue weighted by Gasteiger charge is 2.10. The molecule has 3 rings (SSSR count). The van der Waals surface area contributed by atoms with E-state index in [2.05, 4.69) is 10.6 Å². The molecule has 2 aromatic carbocycles. The Balaban J connectivity index is 1.41. The average molecular weight is 342 g/mol. The fourth-order valence-corrected chi connectivity index (χ4v) is 2.51. The standard InChI is InChI=1S/C19H19FN2O3/c20-15-7-5-13(6-8-15)17(23)12-22-19(24)21-10-9-16-11-14-3-1-2-4-18(14)25-16/h1-8,11,17,23H,9-10,12H2,(H2,21,22,24). The van der Waals surface area contributed by atoms with Crippen molar-refractivity contribution >= 4 is 17.0 Å². The quantitative estimate of drug-likeness (QED) is 0.644. The van der Waals surface area contributed by atoms with Gasteiger partial charge in [0, 0.05) is 24.9 Å². The van der Waals surface area contributed by atoms with Crippen LogP contribution in [0.5, 0.6) is 0 Å². The molecule has 0 aliphatic heterocycles. The summed E-state index contributed by atoms with van der Waals surface area (Å²) in [5.41, 5.74) is 1.37. The zero-order valence-electron chi connectivity index (χ0n) is 13.5. The van der Waals surface area contributed by atoms with Gasteiger partial charge in [0.05, 0.1) is 6.10 Å². The summed E-state index contributed by atoms with van der Waals surface area (Å²) in [7, 11) is 0. The van der Waals surface area contributed by atoms with Gasteiger partial charge in [0.1, 0.15) is 17.2 Å². The number of nitrogens with one attached hydrogen (secondary N) is 2. The summed E-state index contributed by atoms with van der Waals surface area (Å²) >= 11 is 0. The van der Waals surface area contributed by atoms with Crippen molar-refractivity contribution < 1.29 is 18.7 Å². The molecule has 0 spiro atoms. The zero-order chi connectivity index (χ0) is 17.6. The summed E-state index contributed by atoms with van der Waals surface area (Å²) in [6.07, 6.45) is -0.315. The zero-order valence-corrected chi connectivity index (χ0v) is 13.5. The van der Waals surface area contributed by atoms with Gasteiger partial charge in [0.2, 0.25) is 0 Å². The van der Waals surface area contributed by atoms with Crippen LogP contribution in [0.2, 0.25) is 0 Å². The minimum atomic E-state index is -0.887. The Morgan fingerprint density at radius 3 is 2.64 bits per heavy atom. The molecule has 1 unspecified atom stereocenters. The van der Waals surface area contributed by atoms with Gasteiger partial charge in [0.25, 0.3) is 0 Å². The molecule has 0 saturated carbocycles. The molecule has 130 valence electrons. The fourth-order valence-electron chi connectivity index (χ4n) is 2.51. The molecule has 0 bridgehead atoms. The Kier molecular flexibility index (Phi) is 5.30. The van der Waals surface area contributed by atoms with Crippen LogP contribution in [0, 0.1) is 5.82 Å². The molecule has 5 nitrogen and oxygen atoms in total. The van der Waals surface area contributed by atoms with Crippen molar-refractivity contribution in [2.75, 3.05) is 13.1 Å². The Morgan fingerprint density at radius 2 is 1.88 bits per heavy atom. The number of furan rings is 1. The highest BCUT2D eigenvalue weighted by Crippen LogP contribution is 2.18. The van der Waals surface area contributed by atoms with Gasteiger partial charge < -0.3 is 20.2 Å². The predicted octanol–water partition coefficient (Wildman–Crippen LogP) is 3.15. The first-order valence-corrected chi connectivity index (χ1v) is 8.04. The number of hydrogen-bond acceptors (Lipinski definition) is 3. The molecule has 1 atom stereocenters. The van der Waals surface area contributed by atoms with E-state index in [9.17, 15) is 14.3 Å². The normalized spacial score (nSPS) is 12.1. The largest absolute Gasteiger partial charge is 0.461 e. The topological polar surface area (TPSA) is 74.5 Å². The van der Waals surface area contributed by atoms with E-state index in [-0.39, 0.29) is 18.4 Å². The second kappa shape index (κ2) is 7.81. The van der Waals surface area contributed by atoms with E-state index in [1.165, 1.54) is 24.3 Å². The number of carbonyl (C=O) groups excluding carboxylic acids is 1. The average Bonchev–Trinajstić information content (AvgIpc) is 3.03.